The summed E-state index contributed by atoms with van der Waals surface area (Å²) in [5.74, 6) is 0.165. The van der Waals surface area contributed by atoms with Crippen LogP contribution in [0.4, 0.5) is 0 Å². The Hall–Kier alpha value is -1.59. The topological polar surface area (TPSA) is 88.5 Å². The molecule has 0 heterocycles. The SMILES string of the molecule is CNC.NC(N)=NCCCNCc1ccccc1. The van der Waals surface area contributed by atoms with E-state index >= 15 is 0 Å². The van der Waals surface area contributed by atoms with E-state index in [-0.39, 0.29) is 5.96 Å². The van der Waals surface area contributed by atoms with Crippen LogP contribution in [0.1, 0.15) is 12.0 Å². The number of hydrogen-bond acceptors (Lipinski definition) is 3. The van der Waals surface area contributed by atoms with E-state index in [1.54, 1.807) is 0 Å². The Kier molecular flexibility index (Phi) is 10.8. The van der Waals surface area contributed by atoms with Crippen molar-refractivity contribution in [3.05, 3.63) is 35.9 Å². The molecule has 1 aromatic rings. The van der Waals surface area contributed by atoms with Gasteiger partial charge in [0.05, 0.1) is 0 Å². The molecule has 5 heteroatoms. The van der Waals surface area contributed by atoms with Crippen LogP contribution in [0.2, 0.25) is 0 Å². The maximum atomic E-state index is 5.21. The first-order valence-electron chi connectivity index (χ1n) is 6.09. The van der Waals surface area contributed by atoms with Crippen molar-refractivity contribution in [2.24, 2.45) is 16.5 Å². The Bertz CT molecular complexity index is 306. The second-order valence-electron chi connectivity index (χ2n) is 3.82. The van der Waals surface area contributed by atoms with Gasteiger partial charge in [-0.2, -0.15) is 0 Å². The largest absolute Gasteiger partial charge is 0.370 e. The summed E-state index contributed by atoms with van der Waals surface area (Å²) in [5.41, 5.74) is 11.7. The number of guanidine groups is 1. The number of nitrogens with zero attached hydrogens (tertiary/aromatic N) is 1. The molecule has 0 saturated carbocycles. The van der Waals surface area contributed by atoms with Gasteiger partial charge in [-0.05, 0) is 32.6 Å². The first-order chi connectivity index (χ1) is 8.70. The number of nitrogens with one attached hydrogen (secondary N) is 2. The number of aliphatic imine (C=N–C) groups is 1. The van der Waals surface area contributed by atoms with Crippen molar-refractivity contribution in [2.75, 3.05) is 27.2 Å². The zero-order chi connectivity index (χ0) is 13.6. The van der Waals surface area contributed by atoms with E-state index in [1.165, 1.54) is 5.56 Å². The fraction of sp³-hybridized carbons (Fsp3) is 0.462. The third-order valence-electron chi connectivity index (χ3n) is 1.98. The van der Waals surface area contributed by atoms with Crippen molar-refractivity contribution >= 4 is 5.96 Å². The van der Waals surface area contributed by atoms with Gasteiger partial charge in [-0.15, -0.1) is 0 Å². The zero-order valence-corrected chi connectivity index (χ0v) is 11.3. The minimum atomic E-state index is 0.165. The number of hydrogen-bond donors (Lipinski definition) is 4. The van der Waals surface area contributed by atoms with E-state index in [9.17, 15) is 0 Å². The molecule has 0 aliphatic carbocycles. The van der Waals surface area contributed by atoms with Crippen LogP contribution in [-0.4, -0.2) is 33.1 Å². The molecule has 0 aromatic heterocycles. The van der Waals surface area contributed by atoms with Gasteiger partial charge in [-0.25, -0.2) is 0 Å². The smallest absolute Gasteiger partial charge is 0.185 e. The highest BCUT2D eigenvalue weighted by molar-refractivity contribution is 5.75. The standard InChI is InChI=1S/C11H18N4.C2H7N/c12-11(13)15-8-4-7-14-9-10-5-2-1-3-6-10;1-3-2/h1-3,5-6,14H,4,7-9H2,(H4,12,13,15);3H,1-2H3. The molecule has 0 unspecified atom stereocenters. The van der Waals surface area contributed by atoms with Crippen molar-refractivity contribution in [1.29, 1.82) is 0 Å². The molecule has 102 valence electrons. The lowest BCUT2D eigenvalue weighted by Gasteiger charge is -2.03. The molecule has 1 rings (SSSR count). The minimum Gasteiger partial charge on any atom is -0.370 e. The minimum absolute atomic E-state index is 0.165. The van der Waals surface area contributed by atoms with Crippen LogP contribution < -0.4 is 22.1 Å². The van der Waals surface area contributed by atoms with Gasteiger partial charge in [0, 0.05) is 13.1 Å². The zero-order valence-electron chi connectivity index (χ0n) is 11.3. The lowest BCUT2D eigenvalue weighted by molar-refractivity contribution is 0.655. The normalized spacial score (nSPS) is 9.22. The lowest BCUT2D eigenvalue weighted by Crippen LogP contribution is -2.23. The fourth-order valence-electron chi connectivity index (χ4n) is 1.24. The molecule has 0 aliphatic rings. The molecule has 0 atom stereocenters. The molecule has 0 aliphatic heterocycles. The van der Waals surface area contributed by atoms with Crippen molar-refractivity contribution in [3.8, 4) is 0 Å². The Morgan fingerprint density at radius 2 is 1.78 bits per heavy atom. The second-order valence-corrected chi connectivity index (χ2v) is 3.82. The van der Waals surface area contributed by atoms with Crippen LogP contribution in [-0.2, 0) is 6.54 Å². The molecule has 0 saturated heterocycles. The maximum absolute atomic E-state index is 5.21. The van der Waals surface area contributed by atoms with Gasteiger partial charge >= 0.3 is 0 Å². The molecule has 18 heavy (non-hydrogen) atoms. The van der Waals surface area contributed by atoms with Crippen LogP contribution in [0.25, 0.3) is 0 Å². The summed E-state index contributed by atoms with van der Waals surface area (Å²) in [6.45, 7) is 2.50. The van der Waals surface area contributed by atoms with Gasteiger partial charge in [0.1, 0.15) is 0 Å². The van der Waals surface area contributed by atoms with Crippen molar-refractivity contribution in [1.82, 2.24) is 10.6 Å². The molecule has 0 amide bonds. The lowest BCUT2D eigenvalue weighted by atomic mass is 10.2. The average molecular weight is 251 g/mol. The van der Waals surface area contributed by atoms with Crippen molar-refractivity contribution in [2.45, 2.75) is 13.0 Å². The summed E-state index contributed by atoms with van der Waals surface area (Å²) < 4.78 is 0. The first-order valence-corrected chi connectivity index (χ1v) is 6.09. The molecule has 6 N–H and O–H groups in total. The fourth-order valence-corrected chi connectivity index (χ4v) is 1.24. The Labute approximate surface area is 110 Å². The quantitative estimate of drug-likeness (QED) is 0.332. The van der Waals surface area contributed by atoms with Gasteiger partial charge in [0.15, 0.2) is 5.96 Å². The van der Waals surface area contributed by atoms with E-state index in [1.807, 2.05) is 32.3 Å². The van der Waals surface area contributed by atoms with Gasteiger partial charge < -0.3 is 22.1 Å². The third-order valence-corrected chi connectivity index (χ3v) is 1.98. The monoisotopic (exact) mass is 251 g/mol. The van der Waals surface area contributed by atoms with Crippen LogP contribution in [0.15, 0.2) is 35.3 Å². The van der Waals surface area contributed by atoms with E-state index in [4.69, 9.17) is 11.5 Å². The van der Waals surface area contributed by atoms with E-state index in [0.717, 1.165) is 19.5 Å². The molecule has 5 nitrogen and oxygen atoms in total. The Balaban J connectivity index is 0.000000873. The van der Waals surface area contributed by atoms with E-state index in [0.29, 0.717) is 6.54 Å². The number of rotatable bonds is 6. The molecule has 0 fully saturated rings. The Morgan fingerprint density at radius 3 is 2.33 bits per heavy atom. The van der Waals surface area contributed by atoms with E-state index < -0.39 is 0 Å². The predicted molar refractivity (Wildman–Crippen MR) is 78.4 cm³/mol. The van der Waals surface area contributed by atoms with Crippen LogP contribution in [0.5, 0.6) is 0 Å². The average Bonchev–Trinajstić information content (AvgIpc) is 2.35. The van der Waals surface area contributed by atoms with Crippen LogP contribution >= 0.6 is 0 Å². The predicted octanol–water partition coefficient (Wildman–Crippen LogP) is 0.275. The van der Waals surface area contributed by atoms with Crippen molar-refractivity contribution in [3.63, 3.8) is 0 Å². The summed E-state index contributed by atoms with van der Waals surface area (Å²) in [6.07, 6.45) is 0.949. The highest BCUT2D eigenvalue weighted by Gasteiger charge is 1.90. The van der Waals surface area contributed by atoms with Crippen molar-refractivity contribution < 1.29 is 0 Å². The highest BCUT2D eigenvalue weighted by Crippen LogP contribution is 1.96. The van der Waals surface area contributed by atoms with Gasteiger partial charge in [-0.1, -0.05) is 30.3 Å². The summed E-state index contributed by atoms with van der Waals surface area (Å²) in [5, 5.41) is 6.07. The number of benzene rings is 1. The maximum Gasteiger partial charge on any atom is 0.185 e. The molecular formula is C13H25N5. The molecule has 0 bridgehead atoms. The first kappa shape index (κ1) is 16.4. The summed E-state index contributed by atoms with van der Waals surface area (Å²) >= 11 is 0. The molecule has 0 radical (unpaired) electrons. The summed E-state index contributed by atoms with van der Waals surface area (Å²) in [4.78, 5) is 3.90. The molecule has 1 aromatic carbocycles. The van der Waals surface area contributed by atoms with Crippen LogP contribution in [0, 0.1) is 0 Å². The molecular weight excluding hydrogens is 226 g/mol. The highest BCUT2D eigenvalue weighted by atomic mass is 15.0. The molecule has 0 spiro atoms. The number of nitrogens with two attached hydrogens (primary N) is 2. The van der Waals surface area contributed by atoms with E-state index in [2.05, 4.69) is 27.8 Å². The summed E-state index contributed by atoms with van der Waals surface area (Å²) in [6, 6.07) is 10.3. The second kappa shape index (κ2) is 11.9. The Morgan fingerprint density at radius 1 is 1.17 bits per heavy atom. The third kappa shape index (κ3) is 10.9. The van der Waals surface area contributed by atoms with Gasteiger partial charge in [-0.3, -0.25) is 4.99 Å². The van der Waals surface area contributed by atoms with Gasteiger partial charge in [0.2, 0.25) is 0 Å². The van der Waals surface area contributed by atoms with Crippen LogP contribution in [0.3, 0.4) is 0 Å². The van der Waals surface area contributed by atoms with Gasteiger partial charge in [0.25, 0.3) is 0 Å². The summed E-state index contributed by atoms with van der Waals surface area (Å²) in [7, 11) is 3.75.